The SMILES string of the molecule is c1ccc2c(c1)cc1c3ccccc3c3ccc2n31. The number of aromatic nitrogens is 1. The van der Waals surface area contributed by atoms with E-state index in [-0.39, 0.29) is 0 Å². The summed E-state index contributed by atoms with van der Waals surface area (Å²) in [6.07, 6.45) is 0. The van der Waals surface area contributed by atoms with Crippen LogP contribution in [0, 0.1) is 0 Å². The summed E-state index contributed by atoms with van der Waals surface area (Å²) in [5.74, 6) is 0. The number of hydrogen-bond donors (Lipinski definition) is 0. The zero-order valence-corrected chi connectivity index (χ0v) is 10.3. The Balaban J connectivity index is 2.25. The fraction of sp³-hybridized carbons (Fsp3) is 0. The fourth-order valence-corrected chi connectivity index (χ4v) is 3.31. The van der Waals surface area contributed by atoms with E-state index in [1.807, 2.05) is 0 Å². The van der Waals surface area contributed by atoms with Gasteiger partial charge >= 0.3 is 0 Å². The number of nitrogens with zero attached hydrogens (tertiary/aromatic N) is 1. The van der Waals surface area contributed by atoms with Gasteiger partial charge in [-0.25, -0.2) is 0 Å². The molecule has 88 valence electrons. The highest BCUT2D eigenvalue weighted by atomic mass is 14.9. The summed E-state index contributed by atoms with van der Waals surface area (Å²) in [5.41, 5.74) is 3.93. The van der Waals surface area contributed by atoms with E-state index < -0.39 is 0 Å². The zero-order chi connectivity index (χ0) is 12.4. The van der Waals surface area contributed by atoms with Crippen LogP contribution < -0.4 is 0 Å². The van der Waals surface area contributed by atoms with E-state index in [9.17, 15) is 0 Å². The van der Waals surface area contributed by atoms with Crippen molar-refractivity contribution in [1.82, 2.24) is 4.40 Å². The van der Waals surface area contributed by atoms with Crippen molar-refractivity contribution in [3.05, 3.63) is 66.7 Å². The van der Waals surface area contributed by atoms with Crippen molar-refractivity contribution >= 4 is 38.1 Å². The van der Waals surface area contributed by atoms with Gasteiger partial charge < -0.3 is 4.40 Å². The van der Waals surface area contributed by atoms with Crippen LogP contribution in [-0.4, -0.2) is 4.40 Å². The third-order valence-corrected chi connectivity index (χ3v) is 4.13. The predicted octanol–water partition coefficient (Wildman–Crippen LogP) is 4.84. The van der Waals surface area contributed by atoms with Gasteiger partial charge in [0, 0.05) is 16.2 Å². The zero-order valence-electron chi connectivity index (χ0n) is 10.3. The van der Waals surface area contributed by atoms with Gasteiger partial charge in [0.15, 0.2) is 0 Å². The van der Waals surface area contributed by atoms with Crippen molar-refractivity contribution in [3.63, 3.8) is 0 Å². The second kappa shape index (κ2) is 3.07. The number of benzene rings is 2. The Bertz CT molecular complexity index is 1040. The van der Waals surface area contributed by atoms with Crippen LogP contribution >= 0.6 is 0 Å². The van der Waals surface area contributed by atoms with E-state index in [0.29, 0.717) is 0 Å². The Hall–Kier alpha value is -2.54. The average Bonchev–Trinajstić information content (AvgIpc) is 3.03. The predicted molar refractivity (Wildman–Crippen MR) is 81.1 cm³/mol. The minimum Gasteiger partial charge on any atom is -0.309 e. The highest BCUT2D eigenvalue weighted by Gasteiger charge is 2.12. The quantitative estimate of drug-likeness (QED) is 0.365. The molecule has 2 aromatic carbocycles. The summed E-state index contributed by atoms with van der Waals surface area (Å²) in [5, 5.41) is 5.32. The monoisotopic (exact) mass is 241 g/mol. The molecule has 0 saturated carbocycles. The largest absolute Gasteiger partial charge is 0.309 e. The van der Waals surface area contributed by atoms with Crippen LogP contribution in [0.4, 0.5) is 0 Å². The lowest BCUT2D eigenvalue weighted by Gasteiger charge is -2.03. The minimum atomic E-state index is 1.30. The first-order chi connectivity index (χ1) is 9.43. The molecule has 19 heavy (non-hydrogen) atoms. The van der Waals surface area contributed by atoms with Gasteiger partial charge in [0.1, 0.15) is 0 Å². The maximum atomic E-state index is 2.38. The summed E-state index contributed by atoms with van der Waals surface area (Å²) >= 11 is 0. The van der Waals surface area contributed by atoms with Gasteiger partial charge in [-0.3, -0.25) is 0 Å². The summed E-state index contributed by atoms with van der Waals surface area (Å²) < 4.78 is 2.38. The molecule has 1 nitrogen and oxygen atoms in total. The van der Waals surface area contributed by atoms with Crippen molar-refractivity contribution in [3.8, 4) is 0 Å². The van der Waals surface area contributed by atoms with Crippen LogP contribution in [-0.2, 0) is 0 Å². The molecule has 0 amide bonds. The van der Waals surface area contributed by atoms with E-state index in [1.54, 1.807) is 0 Å². The van der Waals surface area contributed by atoms with Gasteiger partial charge in [-0.15, -0.1) is 0 Å². The Morgan fingerprint density at radius 2 is 1.11 bits per heavy atom. The van der Waals surface area contributed by atoms with Gasteiger partial charge in [-0.1, -0.05) is 48.5 Å². The molecule has 0 N–H and O–H groups in total. The maximum Gasteiger partial charge on any atom is 0.0547 e. The van der Waals surface area contributed by atoms with Crippen LogP contribution in [0.5, 0.6) is 0 Å². The number of fused-ring (bicyclic) bond motifs is 5. The minimum absolute atomic E-state index is 1.30. The molecule has 0 fully saturated rings. The third-order valence-electron chi connectivity index (χ3n) is 4.13. The number of hydrogen-bond acceptors (Lipinski definition) is 0. The summed E-state index contributed by atoms with van der Waals surface area (Å²) in [7, 11) is 0. The fourth-order valence-electron chi connectivity index (χ4n) is 3.31. The van der Waals surface area contributed by atoms with Gasteiger partial charge in [-0.2, -0.15) is 0 Å². The smallest absolute Gasteiger partial charge is 0.0547 e. The summed E-state index contributed by atoms with van der Waals surface area (Å²) in [4.78, 5) is 0. The highest BCUT2D eigenvalue weighted by molar-refractivity contribution is 6.15. The molecule has 0 radical (unpaired) electrons. The maximum absolute atomic E-state index is 2.38. The Morgan fingerprint density at radius 3 is 1.89 bits per heavy atom. The van der Waals surface area contributed by atoms with Crippen LogP contribution in [0.1, 0.15) is 0 Å². The highest BCUT2D eigenvalue weighted by Crippen LogP contribution is 2.35. The van der Waals surface area contributed by atoms with Gasteiger partial charge in [0.2, 0.25) is 0 Å². The van der Waals surface area contributed by atoms with Gasteiger partial charge in [-0.05, 0) is 23.6 Å². The molecule has 1 heteroatoms. The van der Waals surface area contributed by atoms with Crippen molar-refractivity contribution < 1.29 is 0 Å². The molecular weight excluding hydrogens is 230 g/mol. The van der Waals surface area contributed by atoms with E-state index in [4.69, 9.17) is 0 Å². The Labute approximate surface area is 110 Å². The number of rotatable bonds is 0. The molecule has 0 atom stereocenters. The first-order valence-electron chi connectivity index (χ1n) is 6.56. The molecule has 0 aliphatic carbocycles. The van der Waals surface area contributed by atoms with Crippen molar-refractivity contribution in [2.24, 2.45) is 0 Å². The average molecular weight is 241 g/mol. The van der Waals surface area contributed by atoms with Crippen LogP contribution in [0.3, 0.4) is 0 Å². The first kappa shape index (κ1) is 9.40. The lowest BCUT2D eigenvalue weighted by atomic mass is 10.1. The second-order valence-corrected chi connectivity index (χ2v) is 5.10. The molecule has 0 spiro atoms. The first-order valence-corrected chi connectivity index (χ1v) is 6.56. The molecule has 5 rings (SSSR count). The molecule has 0 saturated heterocycles. The molecule has 5 aromatic rings. The van der Waals surface area contributed by atoms with Gasteiger partial charge in [0.05, 0.1) is 16.6 Å². The van der Waals surface area contributed by atoms with E-state index in [1.165, 1.54) is 38.1 Å². The lowest BCUT2D eigenvalue weighted by molar-refractivity contribution is 1.37. The lowest BCUT2D eigenvalue weighted by Crippen LogP contribution is -1.84. The van der Waals surface area contributed by atoms with E-state index >= 15 is 0 Å². The van der Waals surface area contributed by atoms with Crippen LogP contribution in [0.25, 0.3) is 38.1 Å². The standard InChI is InChI=1S/C18H11N/c1-2-6-13-12(5-1)11-18-15-8-4-3-7-14(15)17-10-9-16(13)19(17)18/h1-11H. The van der Waals surface area contributed by atoms with Crippen LogP contribution in [0.2, 0.25) is 0 Å². The van der Waals surface area contributed by atoms with E-state index in [0.717, 1.165) is 0 Å². The number of pyridine rings is 1. The topological polar surface area (TPSA) is 4.41 Å². The molecule has 0 aliphatic heterocycles. The van der Waals surface area contributed by atoms with Crippen LogP contribution in [0.15, 0.2) is 66.7 Å². The Kier molecular flexibility index (Phi) is 1.52. The molecule has 0 aliphatic rings. The second-order valence-electron chi connectivity index (χ2n) is 5.10. The summed E-state index contributed by atoms with van der Waals surface area (Å²) in [6.45, 7) is 0. The molecule has 0 unspecified atom stereocenters. The van der Waals surface area contributed by atoms with Crippen molar-refractivity contribution in [2.45, 2.75) is 0 Å². The molecular formula is C18H11N. The third kappa shape index (κ3) is 1.02. The molecule has 0 bridgehead atoms. The molecule has 3 aromatic heterocycles. The Morgan fingerprint density at radius 1 is 0.526 bits per heavy atom. The normalized spacial score (nSPS) is 12.2. The van der Waals surface area contributed by atoms with E-state index in [2.05, 4.69) is 71.1 Å². The van der Waals surface area contributed by atoms with Crippen molar-refractivity contribution in [1.29, 1.82) is 0 Å². The molecule has 3 heterocycles. The van der Waals surface area contributed by atoms with Crippen molar-refractivity contribution in [2.75, 3.05) is 0 Å². The van der Waals surface area contributed by atoms with Gasteiger partial charge in [0.25, 0.3) is 0 Å². The summed E-state index contributed by atoms with van der Waals surface area (Å²) in [6, 6.07) is 24.0.